The van der Waals surface area contributed by atoms with Crippen LogP contribution in [0.5, 0.6) is 0 Å². The Labute approximate surface area is 173 Å². The van der Waals surface area contributed by atoms with E-state index in [-0.39, 0.29) is 17.7 Å². The van der Waals surface area contributed by atoms with E-state index in [1.165, 1.54) is 11.3 Å². The fraction of sp³-hybridized carbons (Fsp3) is 0.273. The molecule has 6 nitrogen and oxygen atoms in total. The van der Waals surface area contributed by atoms with E-state index in [4.69, 9.17) is 0 Å². The molecular formula is C22H22N4O2S. The van der Waals surface area contributed by atoms with Crippen LogP contribution < -0.4 is 10.2 Å². The van der Waals surface area contributed by atoms with E-state index in [1.54, 1.807) is 6.07 Å². The Bertz CT molecular complexity index is 1070. The molecule has 0 spiro atoms. The number of carbonyl (C=O) groups excluding carboxylic acids is 2. The molecule has 7 heteroatoms. The van der Waals surface area contributed by atoms with Crippen molar-refractivity contribution in [3.8, 4) is 0 Å². The summed E-state index contributed by atoms with van der Waals surface area (Å²) >= 11 is 1.33. The zero-order valence-corrected chi connectivity index (χ0v) is 17.4. The first-order valence-corrected chi connectivity index (χ1v) is 10.3. The lowest BCUT2D eigenvalue weighted by Gasteiger charge is -2.17. The average molecular weight is 407 g/mol. The van der Waals surface area contributed by atoms with Gasteiger partial charge < -0.3 is 4.90 Å². The van der Waals surface area contributed by atoms with Crippen LogP contribution in [0.25, 0.3) is 0 Å². The maximum Gasteiger partial charge on any atom is 0.257 e. The summed E-state index contributed by atoms with van der Waals surface area (Å²) in [4.78, 5) is 26.9. The molecule has 4 rings (SSSR count). The van der Waals surface area contributed by atoms with Crippen molar-refractivity contribution in [1.29, 1.82) is 0 Å². The molecule has 2 aromatic carbocycles. The van der Waals surface area contributed by atoms with Crippen LogP contribution in [0.4, 0.5) is 10.8 Å². The van der Waals surface area contributed by atoms with Crippen molar-refractivity contribution in [3.05, 3.63) is 69.7 Å². The van der Waals surface area contributed by atoms with E-state index in [0.717, 1.165) is 27.4 Å². The predicted molar refractivity (Wildman–Crippen MR) is 115 cm³/mol. The maximum atomic E-state index is 12.6. The number of aromatic nitrogens is 2. The van der Waals surface area contributed by atoms with Crippen molar-refractivity contribution >= 4 is 34.0 Å². The molecule has 0 saturated carbocycles. The smallest absolute Gasteiger partial charge is 0.257 e. The highest BCUT2D eigenvalue weighted by atomic mass is 32.1. The Balaban J connectivity index is 1.48. The van der Waals surface area contributed by atoms with E-state index in [2.05, 4.69) is 21.6 Å². The topological polar surface area (TPSA) is 75.2 Å². The van der Waals surface area contributed by atoms with Gasteiger partial charge in [0.15, 0.2) is 0 Å². The monoisotopic (exact) mass is 406 g/mol. The first-order chi connectivity index (χ1) is 13.9. The molecule has 3 aromatic rings. The Morgan fingerprint density at radius 3 is 2.55 bits per heavy atom. The number of aryl methyl sites for hydroxylation is 3. The Morgan fingerprint density at radius 2 is 1.83 bits per heavy atom. The highest BCUT2D eigenvalue weighted by Crippen LogP contribution is 2.35. The van der Waals surface area contributed by atoms with Crippen molar-refractivity contribution < 1.29 is 9.59 Å². The van der Waals surface area contributed by atoms with Crippen LogP contribution in [0.3, 0.4) is 0 Å². The highest BCUT2D eigenvalue weighted by molar-refractivity contribution is 7.15. The highest BCUT2D eigenvalue weighted by Gasteiger charge is 2.34. The number of nitrogens with one attached hydrogen (secondary N) is 1. The summed E-state index contributed by atoms with van der Waals surface area (Å²) in [6.07, 6.45) is 0.396. The van der Waals surface area contributed by atoms with Crippen LogP contribution in [0.1, 0.15) is 44.4 Å². The van der Waals surface area contributed by atoms with Crippen LogP contribution in [0.15, 0.2) is 42.5 Å². The van der Waals surface area contributed by atoms with Crippen molar-refractivity contribution in [1.82, 2.24) is 10.2 Å². The molecule has 0 aliphatic carbocycles. The number of anilines is 2. The third-order valence-electron chi connectivity index (χ3n) is 5.04. The van der Waals surface area contributed by atoms with Crippen LogP contribution in [0, 0.1) is 20.8 Å². The molecule has 0 bridgehead atoms. The molecule has 0 radical (unpaired) electrons. The van der Waals surface area contributed by atoms with Crippen molar-refractivity contribution in [2.45, 2.75) is 33.1 Å². The van der Waals surface area contributed by atoms with Crippen LogP contribution in [-0.4, -0.2) is 28.6 Å². The molecule has 1 aliphatic rings. The first kappa shape index (κ1) is 19.3. The Morgan fingerprint density at radius 1 is 1.10 bits per heavy atom. The van der Waals surface area contributed by atoms with Gasteiger partial charge >= 0.3 is 0 Å². The number of rotatable bonds is 4. The van der Waals surface area contributed by atoms with E-state index in [0.29, 0.717) is 23.7 Å². The average Bonchev–Trinajstić information content (AvgIpc) is 3.27. The quantitative estimate of drug-likeness (QED) is 0.703. The SMILES string of the molecule is Cc1cc(C)cc(N2C[C@H](c3nnc(NC(=O)c4ccccc4C)s3)CC2=O)c1. The number of hydrogen-bond acceptors (Lipinski definition) is 5. The number of amides is 2. The molecule has 1 saturated heterocycles. The lowest BCUT2D eigenvalue weighted by atomic mass is 10.1. The summed E-state index contributed by atoms with van der Waals surface area (Å²) in [6.45, 7) is 6.53. The largest absolute Gasteiger partial charge is 0.312 e. The fourth-order valence-corrected chi connectivity index (χ4v) is 4.50. The van der Waals surface area contributed by atoms with Gasteiger partial charge in [-0.1, -0.05) is 35.6 Å². The molecule has 148 valence electrons. The van der Waals surface area contributed by atoms with Gasteiger partial charge in [-0.25, -0.2) is 0 Å². The second-order valence-corrected chi connectivity index (χ2v) is 8.47. The molecular weight excluding hydrogens is 384 g/mol. The van der Waals surface area contributed by atoms with Crippen LogP contribution in [-0.2, 0) is 4.79 Å². The second kappa shape index (κ2) is 7.75. The van der Waals surface area contributed by atoms with Gasteiger partial charge in [-0.3, -0.25) is 14.9 Å². The van der Waals surface area contributed by atoms with E-state index in [9.17, 15) is 9.59 Å². The number of carbonyl (C=O) groups is 2. The van der Waals surface area contributed by atoms with Crippen molar-refractivity contribution in [2.75, 3.05) is 16.8 Å². The molecule has 1 fully saturated rings. The fourth-order valence-electron chi connectivity index (χ4n) is 3.67. The van der Waals surface area contributed by atoms with Crippen LogP contribution >= 0.6 is 11.3 Å². The van der Waals surface area contributed by atoms with Gasteiger partial charge in [0, 0.05) is 30.1 Å². The molecule has 29 heavy (non-hydrogen) atoms. The Hall–Kier alpha value is -3.06. The second-order valence-electron chi connectivity index (χ2n) is 7.47. The third-order valence-corrected chi connectivity index (χ3v) is 6.04. The van der Waals surface area contributed by atoms with Crippen molar-refractivity contribution in [3.63, 3.8) is 0 Å². The molecule has 0 unspecified atom stereocenters. The lowest BCUT2D eigenvalue weighted by molar-refractivity contribution is -0.117. The lowest BCUT2D eigenvalue weighted by Crippen LogP contribution is -2.24. The molecule has 2 amide bonds. The van der Waals surface area contributed by atoms with Gasteiger partial charge in [0.2, 0.25) is 11.0 Å². The molecule has 1 aromatic heterocycles. The van der Waals surface area contributed by atoms with Gasteiger partial charge in [0.05, 0.1) is 0 Å². The van der Waals surface area contributed by atoms with Gasteiger partial charge in [0.1, 0.15) is 5.01 Å². The first-order valence-electron chi connectivity index (χ1n) is 9.50. The van der Waals surface area contributed by atoms with Gasteiger partial charge in [-0.15, -0.1) is 10.2 Å². The standard InChI is InChI=1S/C22H22N4O2S/c1-13-8-14(2)10-17(9-13)26-12-16(11-19(26)27)21-24-25-22(29-21)23-20(28)18-7-5-4-6-15(18)3/h4-10,16H,11-12H2,1-3H3,(H,23,25,28)/t16-/m1/s1. The number of nitrogens with zero attached hydrogens (tertiary/aromatic N) is 3. The normalized spacial score (nSPS) is 16.3. The summed E-state index contributed by atoms with van der Waals surface area (Å²) in [6, 6.07) is 13.6. The summed E-state index contributed by atoms with van der Waals surface area (Å²) < 4.78 is 0. The molecule has 1 aliphatic heterocycles. The molecule has 1 N–H and O–H groups in total. The Kier molecular flexibility index (Phi) is 5.15. The van der Waals surface area contributed by atoms with E-state index < -0.39 is 0 Å². The van der Waals surface area contributed by atoms with E-state index >= 15 is 0 Å². The minimum absolute atomic E-state index is 0.0232. The maximum absolute atomic E-state index is 12.6. The third kappa shape index (κ3) is 4.05. The minimum atomic E-state index is -0.204. The zero-order valence-electron chi connectivity index (χ0n) is 16.6. The number of hydrogen-bond donors (Lipinski definition) is 1. The van der Waals surface area contributed by atoms with Gasteiger partial charge in [-0.05, 0) is 55.7 Å². The predicted octanol–water partition coefficient (Wildman–Crippen LogP) is 4.24. The van der Waals surface area contributed by atoms with Crippen molar-refractivity contribution in [2.24, 2.45) is 0 Å². The van der Waals surface area contributed by atoms with Gasteiger partial charge in [0.25, 0.3) is 5.91 Å². The van der Waals surface area contributed by atoms with Gasteiger partial charge in [-0.2, -0.15) is 0 Å². The van der Waals surface area contributed by atoms with E-state index in [1.807, 2.05) is 56.0 Å². The zero-order chi connectivity index (χ0) is 20.5. The summed E-state index contributed by atoms with van der Waals surface area (Å²) in [5, 5.41) is 12.4. The molecule has 1 atom stereocenters. The minimum Gasteiger partial charge on any atom is -0.312 e. The summed E-state index contributed by atoms with van der Waals surface area (Å²) in [7, 11) is 0. The van der Waals surface area contributed by atoms with Crippen LogP contribution in [0.2, 0.25) is 0 Å². The summed E-state index contributed by atoms with van der Waals surface area (Å²) in [5.74, 6) is -0.143. The summed E-state index contributed by atoms with van der Waals surface area (Å²) in [5.41, 5.74) is 4.70. The molecule has 2 heterocycles. The number of benzene rings is 2.